The first-order valence-electron chi connectivity index (χ1n) is 9.66. The molecule has 1 N–H and O–H groups in total. The third kappa shape index (κ3) is 4.31. The summed E-state index contributed by atoms with van der Waals surface area (Å²) >= 11 is 1.48. The highest BCUT2D eigenvalue weighted by atomic mass is 32.1. The molecule has 0 aromatic carbocycles. The second-order valence-electron chi connectivity index (χ2n) is 7.52. The molecule has 0 spiro atoms. The normalized spacial score (nSPS) is 27.3. The van der Waals surface area contributed by atoms with Gasteiger partial charge in [-0.2, -0.15) is 0 Å². The van der Waals surface area contributed by atoms with E-state index in [1.54, 1.807) is 7.05 Å². The van der Waals surface area contributed by atoms with Crippen molar-refractivity contribution >= 4 is 22.5 Å². The van der Waals surface area contributed by atoms with E-state index in [4.69, 9.17) is 0 Å². The molecule has 2 fully saturated rings. The van der Waals surface area contributed by atoms with Gasteiger partial charge in [-0.1, -0.05) is 63.2 Å². The van der Waals surface area contributed by atoms with Gasteiger partial charge in [-0.25, -0.2) is 9.69 Å². The number of aliphatic hydroxyl groups is 1. The molecule has 3 unspecified atom stereocenters. The van der Waals surface area contributed by atoms with Gasteiger partial charge in [0.25, 0.3) is 0 Å². The molecule has 2 aliphatic rings. The number of unbranched alkanes of at least 4 members (excludes halogenated alkanes) is 3. The summed E-state index contributed by atoms with van der Waals surface area (Å²) < 4.78 is 0. The molecule has 2 amide bonds. The number of β-amino-alcohol motifs (C(OH)–C–C–N with tert-alkyl or cyclic N) is 1. The molecule has 3 atom stereocenters. The predicted octanol–water partition coefficient (Wildman–Crippen LogP) is 3.97. The van der Waals surface area contributed by atoms with Crippen LogP contribution in [-0.4, -0.2) is 46.1 Å². The van der Waals surface area contributed by atoms with Gasteiger partial charge < -0.3 is 10.0 Å². The Morgan fingerprint density at radius 1 is 1.24 bits per heavy atom. The largest absolute Gasteiger partial charge is 0.371 e. The van der Waals surface area contributed by atoms with Gasteiger partial charge in [0.1, 0.15) is 5.01 Å². The van der Waals surface area contributed by atoms with E-state index < -0.39 is 6.23 Å². The van der Waals surface area contributed by atoms with E-state index in [-0.39, 0.29) is 6.03 Å². The number of hydrogen-bond acceptors (Lipinski definition) is 5. The van der Waals surface area contributed by atoms with Gasteiger partial charge >= 0.3 is 6.03 Å². The van der Waals surface area contributed by atoms with E-state index in [2.05, 4.69) is 17.1 Å². The molecular formula is C18H30N4O2S. The first kappa shape index (κ1) is 18.6. The molecular weight excluding hydrogens is 336 g/mol. The average Bonchev–Trinajstić information content (AvgIpc) is 3.17. The van der Waals surface area contributed by atoms with Gasteiger partial charge in [0.2, 0.25) is 5.13 Å². The van der Waals surface area contributed by atoms with Crippen LogP contribution < -0.4 is 4.90 Å². The zero-order chi connectivity index (χ0) is 17.8. The van der Waals surface area contributed by atoms with E-state index in [1.165, 1.54) is 72.5 Å². The van der Waals surface area contributed by atoms with Gasteiger partial charge in [-0.05, 0) is 18.8 Å². The molecule has 1 aliphatic carbocycles. The van der Waals surface area contributed by atoms with Crippen LogP contribution in [0.1, 0.15) is 75.6 Å². The number of carbonyl (C=O) groups is 1. The summed E-state index contributed by atoms with van der Waals surface area (Å²) in [5, 5.41) is 20.2. The Labute approximate surface area is 154 Å². The molecule has 1 aliphatic heterocycles. The molecule has 3 rings (SSSR count). The molecule has 0 radical (unpaired) electrons. The summed E-state index contributed by atoms with van der Waals surface area (Å²) in [5.74, 6) is 1.26. The van der Waals surface area contributed by atoms with Crippen molar-refractivity contribution in [2.75, 3.05) is 18.5 Å². The van der Waals surface area contributed by atoms with Crippen molar-refractivity contribution in [3.8, 4) is 0 Å². The highest BCUT2D eigenvalue weighted by Crippen LogP contribution is 2.41. The van der Waals surface area contributed by atoms with Crippen molar-refractivity contribution in [2.45, 2.75) is 76.9 Å². The van der Waals surface area contributed by atoms with Crippen LogP contribution in [0.4, 0.5) is 9.93 Å². The van der Waals surface area contributed by atoms with Crippen LogP contribution in [0.3, 0.4) is 0 Å². The topological polar surface area (TPSA) is 69.6 Å². The minimum absolute atomic E-state index is 0.201. The summed E-state index contributed by atoms with van der Waals surface area (Å²) in [6.07, 6.45) is 10.8. The van der Waals surface area contributed by atoms with Crippen molar-refractivity contribution in [1.29, 1.82) is 0 Å². The quantitative estimate of drug-likeness (QED) is 0.741. The van der Waals surface area contributed by atoms with Crippen LogP contribution in [-0.2, 0) is 0 Å². The maximum Gasteiger partial charge on any atom is 0.328 e. The monoisotopic (exact) mass is 366 g/mol. The summed E-state index contributed by atoms with van der Waals surface area (Å²) in [6.45, 7) is 2.57. The number of likely N-dealkylation sites (N-methyl/N-ethyl adjacent to an activating group) is 1. The maximum absolute atomic E-state index is 12.2. The lowest BCUT2D eigenvalue weighted by Crippen LogP contribution is -2.34. The van der Waals surface area contributed by atoms with Crippen LogP contribution in [0.15, 0.2) is 0 Å². The van der Waals surface area contributed by atoms with Crippen LogP contribution in [0.25, 0.3) is 0 Å². The zero-order valence-corrected chi connectivity index (χ0v) is 16.2. The molecule has 1 saturated heterocycles. The Balaban J connectivity index is 1.59. The smallest absolute Gasteiger partial charge is 0.328 e. The molecule has 0 bridgehead atoms. The van der Waals surface area contributed by atoms with Crippen LogP contribution in [0.2, 0.25) is 0 Å². The van der Waals surface area contributed by atoms with Crippen LogP contribution in [0, 0.1) is 5.92 Å². The number of anilines is 1. The number of aromatic nitrogens is 2. The van der Waals surface area contributed by atoms with E-state index in [0.717, 1.165) is 17.3 Å². The summed E-state index contributed by atoms with van der Waals surface area (Å²) in [7, 11) is 1.69. The van der Waals surface area contributed by atoms with Crippen LogP contribution >= 0.6 is 11.3 Å². The summed E-state index contributed by atoms with van der Waals surface area (Å²) in [4.78, 5) is 15.0. The zero-order valence-electron chi connectivity index (χ0n) is 15.4. The fourth-order valence-electron chi connectivity index (χ4n) is 4.05. The Morgan fingerprint density at radius 3 is 2.80 bits per heavy atom. The van der Waals surface area contributed by atoms with E-state index >= 15 is 0 Å². The van der Waals surface area contributed by atoms with Gasteiger partial charge in [-0.3, -0.25) is 0 Å². The number of rotatable bonds is 7. The Hall–Kier alpha value is -1.21. The summed E-state index contributed by atoms with van der Waals surface area (Å²) in [5.41, 5.74) is 0. The van der Waals surface area contributed by atoms with Gasteiger partial charge in [0, 0.05) is 13.0 Å². The second kappa shape index (κ2) is 8.45. The van der Waals surface area contributed by atoms with E-state index in [1.807, 2.05) is 0 Å². The fraction of sp³-hybridized carbons (Fsp3) is 0.833. The van der Waals surface area contributed by atoms with Crippen molar-refractivity contribution in [2.24, 2.45) is 5.92 Å². The summed E-state index contributed by atoms with van der Waals surface area (Å²) in [6, 6.07) is -0.201. The van der Waals surface area contributed by atoms with Crippen molar-refractivity contribution in [1.82, 2.24) is 15.1 Å². The fourth-order valence-corrected chi connectivity index (χ4v) is 5.08. The molecule has 2 heterocycles. The molecule has 1 aromatic heterocycles. The van der Waals surface area contributed by atoms with Gasteiger partial charge in [0.15, 0.2) is 6.23 Å². The number of carbonyl (C=O) groups excluding carboxylic acids is 1. The number of hydrogen-bond donors (Lipinski definition) is 1. The highest BCUT2D eigenvalue weighted by Gasteiger charge is 2.37. The second-order valence-corrected chi connectivity index (χ2v) is 8.50. The van der Waals surface area contributed by atoms with Gasteiger partial charge in [-0.15, -0.1) is 10.2 Å². The van der Waals surface area contributed by atoms with E-state index in [9.17, 15) is 9.90 Å². The van der Waals surface area contributed by atoms with Crippen molar-refractivity contribution in [3.63, 3.8) is 0 Å². The number of urea groups is 1. The predicted molar refractivity (Wildman–Crippen MR) is 99.9 cm³/mol. The molecule has 140 valence electrons. The van der Waals surface area contributed by atoms with Crippen molar-refractivity contribution in [3.05, 3.63) is 5.01 Å². The Morgan fingerprint density at radius 2 is 2.08 bits per heavy atom. The molecule has 1 saturated carbocycles. The third-order valence-corrected chi connectivity index (χ3v) is 6.59. The Bertz CT molecular complexity index is 579. The number of aliphatic hydroxyl groups excluding tert-OH is 1. The lowest BCUT2D eigenvalue weighted by Gasteiger charge is -2.27. The number of amides is 2. The molecule has 6 nitrogen and oxygen atoms in total. The lowest BCUT2D eigenvalue weighted by atomic mass is 9.79. The first-order chi connectivity index (χ1) is 12.1. The third-order valence-electron chi connectivity index (χ3n) is 5.50. The first-order valence-corrected chi connectivity index (χ1v) is 10.5. The average molecular weight is 367 g/mol. The van der Waals surface area contributed by atoms with Crippen molar-refractivity contribution < 1.29 is 9.90 Å². The lowest BCUT2D eigenvalue weighted by molar-refractivity contribution is 0.183. The highest BCUT2D eigenvalue weighted by molar-refractivity contribution is 7.15. The van der Waals surface area contributed by atoms with Gasteiger partial charge in [0.05, 0.1) is 6.54 Å². The minimum atomic E-state index is -0.823. The molecule has 25 heavy (non-hydrogen) atoms. The standard InChI is InChI=1S/C18H30N4O2S/c1-3-4-5-6-8-13-9-7-10-14(11-13)16-19-20-17(25-16)22-15(23)12-21(2)18(22)24/h13-15,23H,3-12H2,1-2H3. The Kier molecular flexibility index (Phi) is 6.28. The van der Waals surface area contributed by atoms with Crippen LogP contribution in [0.5, 0.6) is 0 Å². The number of nitrogens with zero attached hydrogens (tertiary/aromatic N) is 4. The molecule has 1 aromatic rings. The van der Waals surface area contributed by atoms with E-state index in [0.29, 0.717) is 17.6 Å². The molecule has 7 heteroatoms. The maximum atomic E-state index is 12.2. The minimum Gasteiger partial charge on any atom is -0.371 e. The SMILES string of the molecule is CCCCCCC1CCCC(c2nnc(N3C(=O)N(C)CC3O)s2)C1.